The van der Waals surface area contributed by atoms with Crippen LogP contribution in [-0.2, 0) is 0 Å². The van der Waals surface area contributed by atoms with E-state index >= 15 is 0 Å². The Bertz CT molecular complexity index is 909. The average molecular weight is 389 g/mol. The van der Waals surface area contributed by atoms with Crippen molar-refractivity contribution in [1.82, 2.24) is 9.80 Å². The Kier molecular flexibility index (Phi) is 4.21. The molecule has 0 saturated carbocycles. The number of amides is 3. The van der Waals surface area contributed by atoms with Crippen LogP contribution in [0.5, 0.6) is 0 Å². The third-order valence-corrected chi connectivity index (χ3v) is 5.55. The summed E-state index contributed by atoms with van der Waals surface area (Å²) in [6.45, 7) is 0.779. The second kappa shape index (κ2) is 6.41. The summed E-state index contributed by atoms with van der Waals surface area (Å²) in [7, 11) is 0. The van der Waals surface area contributed by atoms with Crippen LogP contribution < -0.4 is 0 Å². The Hall–Kier alpha value is -2.37. The summed E-state index contributed by atoms with van der Waals surface area (Å²) in [5.41, 5.74) is 1.28. The van der Waals surface area contributed by atoms with Gasteiger partial charge in [-0.15, -0.1) is 0 Å². The number of rotatable bonds is 2. The minimum absolute atomic E-state index is 0.192. The number of halogens is 2. The lowest BCUT2D eigenvalue weighted by molar-refractivity contribution is 0.0574. The standard InChI is InChI=1S/C19H14Cl2N2O3/c20-15-6-5-11(9-16(15)21)17(24)22-8-7-12(10-22)23-18(25)13-3-1-2-4-14(13)19(23)26/h1-6,9,12H,7-8,10H2. The van der Waals surface area contributed by atoms with Crippen LogP contribution in [-0.4, -0.2) is 46.7 Å². The molecular formula is C19H14Cl2N2O3. The molecule has 132 valence electrons. The summed E-state index contributed by atoms with van der Waals surface area (Å²) in [5, 5.41) is 0.696. The monoisotopic (exact) mass is 388 g/mol. The maximum atomic E-state index is 12.7. The van der Waals surface area contributed by atoms with E-state index in [0.29, 0.717) is 46.2 Å². The summed E-state index contributed by atoms with van der Waals surface area (Å²) < 4.78 is 0. The highest BCUT2D eigenvalue weighted by atomic mass is 35.5. The first-order valence-electron chi connectivity index (χ1n) is 8.18. The molecule has 7 heteroatoms. The highest BCUT2D eigenvalue weighted by Gasteiger charge is 2.42. The maximum absolute atomic E-state index is 12.7. The van der Waals surface area contributed by atoms with Gasteiger partial charge in [0.2, 0.25) is 0 Å². The van der Waals surface area contributed by atoms with Crippen molar-refractivity contribution in [2.75, 3.05) is 13.1 Å². The van der Waals surface area contributed by atoms with E-state index in [0.717, 1.165) is 0 Å². The molecule has 2 aromatic rings. The van der Waals surface area contributed by atoms with E-state index in [1.54, 1.807) is 41.3 Å². The van der Waals surface area contributed by atoms with E-state index in [-0.39, 0.29) is 23.8 Å². The average Bonchev–Trinajstić information content (AvgIpc) is 3.21. The van der Waals surface area contributed by atoms with Gasteiger partial charge in [0.1, 0.15) is 0 Å². The summed E-state index contributed by atoms with van der Waals surface area (Å²) in [5.74, 6) is -0.776. The number of imide groups is 1. The molecule has 1 fully saturated rings. The molecule has 5 nitrogen and oxygen atoms in total. The number of likely N-dealkylation sites (tertiary alicyclic amines) is 1. The fourth-order valence-electron chi connectivity index (χ4n) is 3.49. The summed E-state index contributed by atoms with van der Waals surface area (Å²) in [6.07, 6.45) is 0.554. The summed E-state index contributed by atoms with van der Waals surface area (Å²) >= 11 is 11.9. The molecule has 3 amide bonds. The van der Waals surface area contributed by atoms with Crippen molar-refractivity contribution in [3.8, 4) is 0 Å². The van der Waals surface area contributed by atoms with Crippen LogP contribution in [0, 0.1) is 0 Å². The van der Waals surface area contributed by atoms with Gasteiger partial charge in [-0.2, -0.15) is 0 Å². The van der Waals surface area contributed by atoms with E-state index in [1.807, 2.05) is 0 Å². The van der Waals surface area contributed by atoms with Crippen molar-refractivity contribution in [3.63, 3.8) is 0 Å². The molecular weight excluding hydrogens is 375 g/mol. The van der Waals surface area contributed by atoms with Crippen LogP contribution in [0.2, 0.25) is 10.0 Å². The molecule has 2 aliphatic heterocycles. The molecule has 1 atom stereocenters. The number of nitrogens with zero attached hydrogens (tertiary/aromatic N) is 2. The molecule has 0 N–H and O–H groups in total. The number of hydrogen-bond acceptors (Lipinski definition) is 3. The largest absolute Gasteiger partial charge is 0.336 e. The van der Waals surface area contributed by atoms with Gasteiger partial charge in [0, 0.05) is 18.7 Å². The lowest BCUT2D eigenvalue weighted by Crippen LogP contribution is -2.42. The SMILES string of the molecule is O=C(c1ccc(Cl)c(Cl)c1)N1CCC(N2C(=O)c3ccccc3C2=O)C1. The van der Waals surface area contributed by atoms with E-state index in [4.69, 9.17) is 23.2 Å². The van der Waals surface area contributed by atoms with E-state index in [9.17, 15) is 14.4 Å². The molecule has 2 aliphatic rings. The van der Waals surface area contributed by atoms with Crippen LogP contribution in [0.3, 0.4) is 0 Å². The van der Waals surface area contributed by atoms with E-state index in [2.05, 4.69) is 0 Å². The highest BCUT2D eigenvalue weighted by molar-refractivity contribution is 6.42. The zero-order valence-corrected chi connectivity index (χ0v) is 15.1. The van der Waals surface area contributed by atoms with Gasteiger partial charge in [-0.1, -0.05) is 35.3 Å². The second-order valence-corrected chi connectivity index (χ2v) is 7.16. The summed E-state index contributed by atoms with van der Waals surface area (Å²) in [6, 6.07) is 11.2. The molecule has 1 saturated heterocycles. The number of carbonyl (C=O) groups excluding carboxylic acids is 3. The normalized spacial score (nSPS) is 19.2. The van der Waals surface area contributed by atoms with E-state index in [1.165, 1.54) is 11.0 Å². The molecule has 4 rings (SSSR count). The third-order valence-electron chi connectivity index (χ3n) is 4.81. The Morgan fingerprint density at radius 2 is 1.62 bits per heavy atom. The van der Waals surface area contributed by atoms with Gasteiger partial charge in [0.05, 0.1) is 27.2 Å². The molecule has 0 bridgehead atoms. The first-order valence-corrected chi connectivity index (χ1v) is 8.94. The van der Waals surface area contributed by atoms with Crippen LogP contribution in [0.4, 0.5) is 0 Å². The highest BCUT2D eigenvalue weighted by Crippen LogP contribution is 2.29. The number of fused-ring (bicyclic) bond motifs is 1. The Labute approximate surface area is 160 Å². The number of benzene rings is 2. The van der Waals surface area contributed by atoms with Gasteiger partial charge in [0.15, 0.2) is 0 Å². The van der Waals surface area contributed by atoms with Crippen LogP contribution in [0.15, 0.2) is 42.5 Å². The quantitative estimate of drug-likeness (QED) is 0.739. The minimum atomic E-state index is -0.325. The molecule has 0 spiro atoms. The second-order valence-electron chi connectivity index (χ2n) is 6.35. The predicted octanol–water partition coefficient (Wildman–Crippen LogP) is 3.50. The molecule has 2 aromatic carbocycles. The Morgan fingerprint density at radius 1 is 0.962 bits per heavy atom. The van der Waals surface area contributed by atoms with Gasteiger partial charge < -0.3 is 4.90 Å². The third kappa shape index (κ3) is 2.68. The van der Waals surface area contributed by atoms with Crippen LogP contribution in [0.1, 0.15) is 37.5 Å². The predicted molar refractivity (Wildman–Crippen MR) is 97.7 cm³/mol. The number of hydrogen-bond donors (Lipinski definition) is 0. The van der Waals surface area contributed by atoms with Crippen LogP contribution in [0.25, 0.3) is 0 Å². The minimum Gasteiger partial charge on any atom is -0.336 e. The fraction of sp³-hybridized carbons (Fsp3) is 0.211. The zero-order valence-electron chi connectivity index (χ0n) is 13.6. The smallest absolute Gasteiger partial charge is 0.261 e. The molecule has 26 heavy (non-hydrogen) atoms. The van der Waals surface area contributed by atoms with Gasteiger partial charge in [-0.25, -0.2) is 0 Å². The lowest BCUT2D eigenvalue weighted by atomic mass is 10.1. The van der Waals surface area contributed by atoms with E-state index < -0.39 is 0 Å². The number of carbonyl (C=O) groups is 3. The molecule has 0 radical (unpaired) electrons. The van der Waals surface area contributed by atoms with Crippen molar-refractivity contribution in [1.29, 1.82) is 0 Å². The topological polar surface area (TPSA) is 57.7 Å². The Morgan fingerprint density at radius 3 is 2.23 bits per heavy atom. The molecule has 0 aliphatic carbocycles. The maximum Gasteiger partial charge on any atom is 0.261 e. The van der Waals surface area contributed by atoms with Crippen molar-refractivity contribution in [2.45, 2.75) is 12.5 Å². The summed E-state index contributed by atoms with van der Waals surface area (Å²) in [4.78, 5) is 40.8. The van der Waals surface area contributed by atoms with Crippen molar-refractivity contribution in [2.24, 2.45) is 0 Å². The molecule has 2 heterocycles. The first-order chi connectivity index (χ1) is 12.5. The van der Waals surface area contributed by atoms with Gasteiger partial charge >= 0.3 is 0 Å². The molecule has 0 aromatic heterocycles. The van der Waals surface area contributed by atoms with Gasteiger partial charge in [0.25, 0.3) is 17.7 Å². The van der Waals surface area contributed by atoms with Crippen molar-refractivity contribution in [3.05, 3.63) is 69.2 Å². The fourth-order valence-corrected chi connectivity index (χ4v) is 3.79. The lowest BCUT2D eigenvalue weighted by Gasteiger charge is -2.22. The van der Waals surface area contributed by atoms with Crippen molar-refractivity contribution >= 4 is 40.9 Å². The zero-order chi connectivity index (χ0) is 18.4. The van der Waals surface area contributed by atoms with Crippen molar-refractivity contribution < 1.29 is 14.4 Å². The van der Waals surface area contributed by atoms with Crippen LogP contribution >= 0.6 is 23.2 Å². The van der Waals surface area contributed by atoms with Gasteiger partial charge in [-0.05, 0) is 36.8 Å². The molecule has 1 unspecified atom stereocenters. The Balaban J connectivity index is 1.52. The van der Waals surface area contributed by atoms with Gasteiger partial charge in [-0.3, -0.25) is 19.3 Å². The first kappa shape index (κ1) is 17.1.